The number of thioether (sulfide) groups is 1. The van der Waals surface area contributed by atoms with Gasteiger partial charge in [0.1, 0.15) is 5.37 Å². The molecule has 0 aromatic carbocycles. The zero-order chi connectivity index (χ0) is 11.5. The van der Waals surface area contributed by atoms with E-state index < -0.39 is 9.84 Å². The van der Waals surface area contributed by atoms with Gasteiger partial charge in [0, 0.05) is 30.9 Å². The van der Waals surface area contributed by atoms with Gasteiger partial charge in [0.2, 0.25) is 0 Å². The standard InChI is InChI=1S/C9H19NO3S2/c1-8(11)3-4-10-5-6-14-7-9(10)15(2,12)13/h8-9,11H,3-7H2,1-2H3. The number of aliphatic hydroxyl groups excluding tert-OH is 1. The summed E-state index contributed by atoms with van der Waals surface area (Å²) in [6, 6.07) is 0. The van der Waals surface area contributed by atoms with Crippen LogP contribution >= 0.6 is 11.8 Å². The van der Waals surface area contributed by atoms with E-state index in [4.69, 9.17) is 0 Å². The van der Waals surface area contributed by atoms with E-state index >= 15 is 0 Å². The molecule has 90 valence electrons. The van der Waals surface area contributed by atoms with Crippen molar-refractivity contribution in [2.45, 2.75) is 24.8 Å². The minimum absolute atomic E-state index is 0.361. The van der Waals surface area contributed by atoms with Crippen molar-refractivity contribution < 1.29 is 13.5 Å². The summed E-state index contributed by atoms with van der Waals surface area (Å²) in [7, 11) is -3.00. The molecule has 4 nitrogen and oxygen atoms in total. The Hall–Kier alpha value is 0.220. The van der Waals surface area contributed by atoms with Crippen molar-refractivity contribution in [3.8, 4) is 0 Å². The fourth-order valence-electron chi connectivity index (χ4n) is 1.62. The predicted octanol–water partition coefficient (Wildman–Crippen LogP) is 0.177. The van der Waals surface area contributed by atoms with Gasteiger partial charge >= 0.3 is 0 Å². The molecule has 2 atom stereocenters. The number of aliphatic hydroxyl groups is 1. The second-order valence-corrected chi connectivity index (χ2v) is 7.39. The van der Waals surface area contributed by atoms with Crippen LogP contribution in [0.2, 0.25) is 0 Å². The van der Waals surface area contributed by atoms with Crippen molar-refractivity contribution in [1.29, 1.82) is 0 Å². The summed E-state index contributed by atoms with van der Waals surface area (Å²) in [5.74, 6) is 1.63. The van der Waals surface area contributed by atoms with Gasteiger partial charge in [0.05, 0.1) is 6.10 Å². The minimum Gasteiger partial charge on any atom is -0.393 e. The van der Waals surface area contributed by atoms with E-state index in [2.05, 4.69) is 0 Å². The molecule has 0 spiro atoms. The molecule has 2 unspecified atom stereocenters. The molecule has 1 N–H and O–H groups in total. The van der Waals surface area contributed by atoms with Crippen LogP contribution in [0.3, 0.4) is 0 Å². The Morgan fingerprint density at radius 2 is 2.27 bits per heavy atom. The van der Waals surface area contributed by atoms with E-state index in [1.807, 2.05) is 4.90 Å². The number of nitrogens with zero attached hydrogens (tertiary/aromatic N) is 1. The molecule has 1 saturated heterocycles. The summed E-state index contributed by atoms with van der Waals surface area (Å²) in [4.78, 5) is 1.97. The van der Waals surface area contributed by atoms with Gasteiger partial charge in [-0.15, -0.1) is 0 Å². The van der Waals surface area contributed by atoms with Crippen LogP contribution in [-0.4, -0.2) is 60.8 Å². The van der Waals surface area contributed by atoms with Crippen molar-refractivity contribution >= 4 is 21.6 Å². The first-order valence-corrected chi connectivity index (χ1v) is 8.21. The van der Waals surface area contributed by atoms with Crippen molar-refractivity contribution in [3.63, 3.8) is 0 Å². The molecular formula is C9H19NO3S2. The maximum absolute atomic E-state index is 11.5. The minimum atomic E-state index is -3.00. The second kappa shape index (κ2) is 5.52. The summed E-state index contributed by atoms with van der Waals surface area (Å²) < 4.78 is 23.0. The summed E-state index contributed by atoms with van der Waals surface area (Å²) in [6.45, 7) is 3.19. The van der Waals surface area contributed by atoms with Gasteiger partial charge in [-0.25, -0.2) is 8.42 Å². The molecule has 1 heterocycles. The number of hydrogen-bond acceptors (Lipinski definition) is 5. The lowest BCUT2D eigenvalue weighted by atomic mass is 10.2. The van der Waals surface area contributed by atoms with E-state index in [0.29, 0.717) is 18.7 Å². The SMILES string of the molecule is CC(O)CCN1CCSCC1S(C)(=O)=O. The molecule has 0 radical (unpaired) electrons. The number of hydrogen-bond donors (Lipinski definition) is 1. The molecule has 1 rings (SSSR count). The molecule has 0 bridgehead atoms. The smallest absolute Gasteiger partial charge is 0.164 e. The maximum Gasteiger partial charge on any atom is 0.164 e. The Balaban J connectivity index is 2.58. The van der Waals surface area contributed by atoms with Gasteiger partial charge in [-0.3, -0.25) is 4.90 Å². The molecule has 15 heavy (non-hydrogen) atoms. The van der Waals surface area contributed by atoms with Crippen LogP contribution in [-0.2, 0) is 9.84 Å². The predicted molar refractivity (Wildman–Crippen MR) is 63.8 cm³/mol. The van der Waals surface area contributed by atoms with Crippen LogP contribution in [0.15, 0.2) is 0 Å². The lowest BCUT2D eigenvalue weighted by molar-refractivity contribution is 0.154. The maximum atomic E-state index is 11.5. The second-order valence-electron chi connectivity index (χ2n) is 4.03. The fourth-order valence-corrected chi connectivity index (χ4v) is 4.59. The molecule has 0 aliphatic carbocycles. The first kappa shape index (κ1) is 13.3. The van der Waals surface area contributed by atoms with Gasteiger partial charge < -0.3 is 5.11 Å². The zero-order valence-corrected chi connectivity index (χ0v) is 10.9. The quantitative estimate of drug-likeness (QED) is 0.774. The lowest BCUT2D eigenvalue weighted by Gasteiger charge is -2.34. The van der Waals surface area contributed by atoms with Crippen molar-refractivity contribution in [3.05, 3.63) is 0 Å². The van der Waals surface area contributed by atoms with Crippen LogP contribution in [0.1, 0.15) is 13.3 Å². The van der Waals surface area contributed by atoms with Crippen LogP contribution in [0.4, 0.5) is 0 Å². The molecule has 0 saturated carbocycles. The average molecular weight is 253 g/mol. The third-order valence-corrected chi connectivity index (χ3v) is 5.21. The Labute approximate surface area is 96.0 Å². The third kappa shape index (κ3) is 4.30. The van der Waals surface area contributed by atoms with Crippen LogP contribution < -0.4 is 0 Å². The lowest BCUT2D eigenvalue weighted by Crippen LogP contribution is -2.47. The van der Waals surface area contributed by atoms with Gasteiger partial charge in [-0.1, -0.05) is 0 Å². The monoisotopic (exact) mass is 253 g/mol. The van der Waals surface area contributed by atoms with E-state index in [0.717, 1.165) is 12.3 Å². The van der Waals surface area contributed by atoms with Gasteiger partial charge in [0.25, 0.3) is 0 Å². The highest BCUT2D eigenvalue weighted by Gasteiger charge is 2.30. The molecule has 0 aromatic rings. The van der Waals surface area contributed by atoms with Crippen molar-refractivity contribution in [1.82, 2.24) is 4.90 Å². The van der Waals surface area contributed by atoms with Crippen LogP contribution in [0, 0.1) is 0 Å². The Morgan fingerprint density at radius 3 is 2.80 bits per heavy atom. The normalized spacial score (nSPS) is 26.5. The first-order chi connectivity index (χ1) is 6.91. The highest BCUT2D eigenvalue weighted by Crippen LogP contribution is 2.20. The first-order valence-electron chi connectivity index (χ1n) is 5.10. The largest absolute Gasteiger partial charge is 0.393 e. The average Bonchev–Trinajstić information content (AvgIpc) is 2.13. The highest BCUT2D eigenvalue weighted by molar-refractivity contribution is 8.00. The molecule has 0 aromatic heterocycles. The molecule has 1 aliphatic rings. The van der Waals surface area contributed by atoms with Gasteiger partial charge in [-0.2, -0.15) is 11.8 Å². The summed E-state index contributed by atoms with van der Waals surface area (Å²) in [6.07, 6.45) is 1.56. The van der Waals surface area contributed by atoms with E-state index in [1.165, 1.54) is 6.26 Å². The Morgan fingerprint density at radius 1 is 1.60 bits per heavy atom. The summed E-state index contributed by atoms with van der Waals surface area (Å²) in [5, 5.41) is 8.83. The molecule has 0 amide bonds. The molecule has 1 fully saturated rings. The summed E-state index contributed by atoms with van der Waals surface area (Å²) >= 11 is 1.68. The Bertz CT molecular complexity index is 290. The molecule has 1 aliphatic heterocycles. The van der Waals surface area contributed by atoms with E-state index in [-0.39, 0.29) is 11.5 Å². The topological polar surface area (TPSA) is 57.6 Å². The van der Waals surface area contributed by atoms with Crippen LogP contribution in [0.5, 0.6) is 0 Å². The highest BCUT2D eigenvalue weighted by atomic mass is 32.2. The number of sulfone groups is 1. The zero-order valence-electron chi connectivity index (χ0n) is 9.22. The Kier molecular flexibility index (Phi) is 4.89. The van der Waals surface area contributed by atoms with Crippen molar-refractivity contribution in [2.24, 2.45) is 0 Å². The van der Waals surface area contributed by atoms with Gasteiger partial charge in [0.15, 0.2) is 9.84 Å². The van der Waals surface area contributed by atoms with E-state index in [1.54, 1.807) is 18.7 Å². The van der Waals surface area contributed by atoms with E-state index in [9.17, 15) is 13.5 Å². The van der Waals surface area contributed by atoms with Crippen LogP contribution in [0.25, 0.3) is 0 Å². The summed E-state index contributed by atoms with van der Waals surface area (Å²) in [5.41, 5.74) is 0. The number of rotatable bonds is 4. The fraction of sp³-hybridized carbons (Fsp3) is 1.00. The van der Waals surface area contributed by atoms with Crippen molar-refractivity contribution in [2.75, 3.05) is 30.9 Å². The van der Waals surface area contributed by atoms with Gasteiger partial charge in [-0.05, 0) is 13.3 Å². The third-order valence-electron chi connectivity index (χ3n) is 2.52. The molecular weight excluding hydrogens is 234 g/mol. The molecule has 6 heteroatoms.